The Morgan fingerprint density at radius 3 is 2.62 bits per heavy atom. The van der Waals surface area contributed by atoms with Crippen molar-refractivity contribution in [3.05, 3.63) is 80.3 Å². The summed E-state index contributed by atoms with van der Waals surface area (Å²) in [7, 11) is 0. The number of halogens is 1. The molecule has 0 heterocycles. The molecule has 0 fully saturated rings. The van der Waals surface area contributed by atoms with Gasteiger partial charge in [0.05, 0.1) is 6.61 Å². The topological polar surface area (TPSA) is 84.3 Å². The van der Waals surface area contributed by atoms with Crippen LogP contribution in [0.25, 0.3) is 16.0 Å². The molecular weight excluding hydrogens is 398 g/mol. The monoisotopic (exact) mass is 415 g/mol. The Hall–Kier alpha value is -2.76. The summed E-state index contributed by atoms with van der Waals surface area (Å²) in [6, 6.07) is 15.2. The van der Waals surface area contributed by atoms with Crippen LogP contribution < -0.4 is 4.74 Å². The molecule has 0 bridgehead atoms. The number of allylic oxidation sites excluding steroid dienone is 1. The molecule has 0 saturated heterocycles. The lowest BCUT2D eigenvalue weighted by Gasteiger charge is -2.12. The molecule has 7 heteroatoms. The van der Waals surface area contributed by atoms with Gasteiger partial charge in [0, 0.05) is 9.38 Å². The van der Waals surface area contributed by atoms with E-state index in [4.69, 9.17) is 15.0 Å². The fourth-order valence-corrected chi connectivity index (χ4v) is 2.81. The van der Waals surface area contributed by atoms with E-state index in [-0.39, 0.29) is 12.3 Å². The highest BCUT2D eigenvalue weighted by Crippen LogP contribution is 2.31. The van der Waals surface area contributed by atoms with Crippen LogP contribution in [0.4, 0.5) is 0 Å². The highest BCUT2D eigenvalue weighted by molar-refractivity contribution is 9.10. The fraction of sp³-hybridized carbons (Fsp3) is 0.211. The number of hydrogen-bond donors (Lipinski definition) is 0. The van der Waals surface area contributed by atoms with Gasteiger partial charge in [0.2, 0.25) is 0 Å². The Balaban J connectivity index is 2.33. The van der Waals surface area contributed by atoms with Gasteiger partial charge >= 0.3 is 5.97 Å². The predicted molar refractivity (Wildman–Crippen MR) is 103 cm³/mol. The molecule has 26 heavy (non-hydrogen) atoms. The maximum Gasteiger partial charge on any atom is 0.340 e. The van der Waals surface area contributed by atoms with Crippen molar-refractivity contribution in [2.45, 2.75) is 20.5 Å². The molecule has 0 N–H and O–H groups in total. The summed E-state index contributed by atoms with van der Waals surface area (Å²) in [4.78, 5) is 14.8. The first-order chi connectivity index (χ1) is 12.6. The lowest BCUT2D eigenvalue weighted by atomic mass is 10.1. The molecule has 0 aliphatic rings. The molecule has 0 aliphatic heterocycles. The van der Waals surface area contributed by atoms with E-state index in [2.05, 4.69) is 26.0 Å². The SMILES string of the molecule is CCOC(=O)/C(N=[N+]=[N-])=C(\C)c1cc(OCc2ccccc2)ccc1Br. The zero-order valence-corrected chi connectivity index (χ0v) is 16.1. The van der Waals surface area contributed by atoms with Crippen molar-refractivity contribution in [2.24, 2.45) is 5.11 Å². The van der Waals surface area contributed by atoms with Crippen LogP contribution in [-0.2, 0) is 16.1 Å². The summed E-state index contributed by atoms with van der Waals surface area (Å²) in [6.45, 7) is 4.00. The highest BCUT2D eigenvalue weighted by Gasteiger charge is 2.16. The Morgan fingerprint density at radius 2 is 1.96 bits per heavy atom. The fourth-order valence-electron chi connectivity index (χ4n) is 2.26. The second kappa shape index (κ2) is 9.65. The molecule has 2 aromatic carbocycles. The van der Waals surface area contributed by atoms with Crippen LogP contribution in [0.1, 0.15) is 25.0 Å². The number of carbonyl (C=O) groups excluding carboxylic acids is 1. The lowest BCUT2D eigenvalue weighted by molar-refractivity contribution is -0.138. The van der Waals surface area contributed by atoms with Gasteiger partial charge in [-0.05, 0) is 54.3 Å². The Kier molecular flexibility index (Phi) is 7.26. The molecule has 0 aliphatic carbocycles. The van der Waals surface area contributed by atoms with E-state index in [1.165, 1.54) is 0 Å². The maximum absolute atomic E-state index is 12.1. The summed E-state index contributed by atoms with van der Waals surface area (Å²) < 4.78 is 11.5. The average molecular weight is 416 g/mol. The highest BCUT2D eigenvalue weighted by atomic mass is 79.9. The molecule has 2 rings (SSSR count). The van der Waals surface area contributed by atoms with Gasteiger partial charge in [-0.3, -0.25) is 0 Å². The summed E-state index contributed by atoms with van der Waals surface area (Å²) in [6.07, 6.45) is 0. The molecule has 2 aromatic rings. The van der Waals surface area contributed by atoms with Crippen LogP contribution in [0.5, 0.6) is 5.75 Å². The summed E-state index contributed by atoms with van der Waals surface area (Å²) >= 11 is 3.46. The number of esters is 1. The molecule has 0 aromatic heterocycles. The minimum Gasteiger partial charge on any atom is -0.489 e. The van der Waals surface area contributed by atoms with Crippen molar-refractivity contribution in [1.29, 1.82) is 0 Å². The zero-order chi connectivity index (χ0) is 18.9. The van der Waals surface area contributed by atoms with Crippen molar-refractivity contribution < 1.29 is 14.3 Å². The number of nitrogens with zero attached hydrogens (tertiary/aromatic N) is 3. The van der Waals surface area contributed by atoms with Gasteiger partial charge in [-0.1, -0.05) is 51.4 Å². The number of hydrogen-bond acceptors (Lipinski definition) is 4. The summed E-state index contributed by atoms with van der Waals surface area (Å²) in [5.41, 5.74) is 10.9. The third kappa shape index (κ3) is 5.12. The van der Waals surface area contributed by atoms with Crippen molar-refractivity contribution in [3.8, 4) is 5.75 Å². The zero-order valence-electron chi connectivity index (χ0n) is 14.5. The van der Waals surface area contributed by atoms with Gasteiger partial charge in [0.25, 0.3) is 0 Å². The molecule has 0 spiro atoms. The quantitative estimate of drug-likeness (QED) is 0.193. The average Bonchev–Trinajstić information content (AvgIpc) is 2.66. The second-order valence-corrected chi connectivity index (χ2v) is 6.15. The molecule has 0 amide bonds. The van der Waals surface area contributed by atoms with Gasteiger partial charge < -0.3 is 9.47 Å². The van der Waals surface area contributed by atoms with Gasteiger partial charge in [-0.15, -0.1) is 0 Å². The van der Waals surface area contributed by atoms with Crippen LogP contribution in [0.15, 0.2) is 63.8 Å². The van der Waals surface area contributed by atoms with Crippen molar-refractivity contribution in [3.63, 3.8) is 0 Å². The molecular formula is C19H18BrN3O3. The Labute approximate surface area is 160 Å². The largest absolute Gasteiger partial charge is 0.489 e. The Morgan fingerprint density at radius 1 is 1.23 bits per heavy atom. The first kappa shape index (κ1) is 19.6. The van der Waals surface area contributed by atoms with E-state index < -0.39 is 5.97 Å². The minimum atomic E-state index is -0.662. The van der Waals surface area contributed by atoms with Gasteiger partial charge in [0.15, 0.2) is 0 Å². The van der Waals surface area contributed by atoms with E-state index in [0.29, 0.717) is 23.5 Å². The van der Waals surface area contributed by atoms with Gasteiger partial charge in [0.1, 0.15) is 18.1 Å². The number of azide groups is 1. The van der Waals surface area contributed by atoms with Gasteiger partial charge in [-0.2, -0.15) is 0 Å². The van der Waals surface area contributed by atoms with E-state index in [1.807, 2.05) is 42.5 Å². The number of carbonyl (C=O) groups is 1. The molecule has 0 saturated carbocycles. The predicted octanol–water partition coefficient (Wildman–Crippen LogP) is 5.63. The van der Waals surface area contributed by atoms with E-state index in [1.54, 1.807) is 19.9 Å². The number of ether oxygens (including phenoxy) is 2. The van der Waals surface area contributed by atoms with E-state index in [9.17, 15) is 4.79 Å². The minimum absolute atomic E-state index is 0.0738. The number of benzene rings is 2. The lowest BCUT2D eigenvalue weighted by Crippen LogP contribution is -2.07. The maximum atomic E-state index is 12.1. The number of rotatable bonds is 7. The van der Waals surface area contributed by atoms with Crippen LogP contribution >= 0.6 is 15.9 Å². The third-order valence-electron chi connectivity index (χ3n) is 3.56. The summed E-state index contributed by atoms with van der Waals surface area (Å²) in [5.74, 6) is -0.0270. The van der Waals surface area contributed by atoms with Crippen molar-refractivity contribution >= 4 is 27.5 Å². The van der Waals surface area contributed by atoms with E-state index in [0.717, 1.165) is 10.0 Å². The molecule has 0 atom stereocenters. The van der Waals surface area contributed by atoms with Crippen LogP contribution in [0.3, 0.4) is 0 Å². The van der Waals surface area contributed by atoms with Gasteiger partial charge in [-0.25, -0.2) is 4.79 Å². The van der Waals surface area contributed by atoms with E-state index >= 15 is 0 Å². The van der Waals surface area contributed by atoms with Crippen LogP contribution in [0.2, 0.25) is 0 Å². The molecule has 134 valence electrons. The van der Waals surface area contributed by atoms with Crippen molar-refractivity contribution in [1.82, 2.24) is 0 Å². The van der Waals surface area contributed by atoms with Crippen LogP contribution in [0, 0.1) is 0 Å². The second-order valence-electron chi connectivity index (χ2n) is 5.30. The third-order valence-corrected chi connectivity index (χ3v) is 4.25. The van der Waals surface area contributed by atoms with Crippen LogP contribution in [-0.4, -0.2) is 12.6 Å². The first-order valence-electron chi connectivity index (χ1n) is 7.96. The normalized spacial score (nSPS) is 11.2. The smallest absolute Gasteiger partial charge is 0.340 e. The first-order valence-corrected chi connectivity index (χ1v) is 8.75. The molecule has 0 radical (unpaired) electrons. The van der Waals surface area contributed by atoms with Crippen molar-refractivity contribution in [2.75, 3.05) is 6.61 Å². The summed E-state index contributed by atoms with van der Waals surface area (Å²) in [5, 5.41) is 3.51. The molecule has 0 unspecified atom stereocenters. The molecule has 6 nitrogen and oxygen atoms in total. The standard InChI is InChI=1S/C19H18BrN3O3/c1-3-25-19(24)18(22-23-21)13(2)16-11-15(9-10-17(16)20)26-12-14-7-5-4-6-8-14/h4-11H,3,12H2,1-2H3/b18-13-. The Bertz CT molecular complexity index is 860.